The quantitative estimate of drug-likeness (QED) is 0.661. The average molecular weight is 387 g/mol. The Morgan fingerprint density at radius 2 is 1.86 bits per heavy atom. The van der Waals surface area contributed by atoms with Crippen LogP contribution in [0.15, 0.2) is 24.3 Å². The van der Waals surface area contributed by atoms with E-state index in [9.17, 15) is 0 Å². The van der Waals surface area contributed by atoms with Crippen LogP contribution < -0.4 is 0 Å². The van der Waals surface area contributed by atoms with E-state index < -0.39 is 0 Å². The molecule has 1 aliphatic carbocycles. The van der Waals surface area contributed by atoms with Gasteiger partial charge in [0.1, 0.15) is 0 Å². The topological polar surface area (TPSA) is 24.9 Å². The molecule has 1 saturated carbocycles. The minimum atomic E-state index is 0.329. The predicted molar refractivity (Wildman–Crippen MR) is 114 cm³/mol. The monoisotopic (exact) mass is 386 g/mol. The second-order valence-electron chi connectivity index (χ2n) is 9.17. The van der Waals surface area contributed by atoms with E-state index in [2.05, 4.69) is 41.0 Å². The fourth-order valence-corrected chi connectivity index (χ4v) is 5.83. The number of hydrogen-bond acceptors (Lipinski definition) is 4. The van der Waals surface area contributed by atoms with Crippen molar-refractivity contribution >= 4 is 0 Å². The van der Waals surface area contributed by atoms with Crippen LogP contribution in [-0.4, -0.2) is 67.4 Å². The number of rotatable bonds is 7. The molecule has 0 bridgehead atoms. The summed E-state index contributed by atoms with van der Waals surface area (Å²) in [6.07, 6.45) is 9.82. The van der Waals surface area contributed by atoms with Gasteiger partial charge < -0.3 is 9.47 Å². The van der Waals surface area contributed by atoms with Crippen LogP contribution in [0, 0.1) is 6.92 Å². The van der Waals surface area contributed by atoms with Gasteiger partial charge in [-0.25, -0.2) is 0 Å². The minimum absolute atomic E-state index is 0.329. The number of ether oxygens (including phenoxy) is 2. The van der Waals surface area contributed by atoms with Crippen molar-refractivity contribution < 1.29 is 9.47 Å². The Morgan fingerprint density at radius 3 is 2.57 bits per heavy atom. The van der Waals surface area contributed by atoms with Gasteiger partial charge in [0.2, 0.25) is 0 Å². The average Bonchev–Trinajstić information content (AvgIpc) is 2.72. The highest BCUT2D eigenvalue weighted by Gasteiger charge is 2.56. The van der Waals surface area contributed by atoms with Crippen molar-refractivity contribution in [3.05, 3.63) is 35.4 Å². The van der Waals surface area contributed by atoms with Gasteiger partial charge in [0.25, 0.3) is 0 Å². The van der Waals surface area contributed by atoms with Crippen LogP contribution >= 0.6 is 0 Å². The lowest BCUT2D eigenvalue weighted by Gasteiger charge is -2.63. The molecule has 1 unspecified atom stereocenters. The number of aryl methyl sites for hydroxylation is 1. The molecule has 4 rings (SSSR count). The normalized spacial score (nSPS) is 26.4. The molecule has 1 atom stereocenters. The fraction of sp³-hybridized carbons (Fsp3) is 0.750. The zero-order chi connectivity index (χ0) is 19.4. The molecule has 0 N–H and O–H groups in total. The standard InChI is InChI=1S/C24H38N2O2/c1-20-7-6-8-21(17-20)18-25-13-9-22(10-14-25)26-19-23(28-16-15-27-2)24(26)11-4-3-5-12-24/h6-8,17,22-23H,3-5,9-16,18-19H2,1-2H3. The molecule has 0 amide bonds. The lowest BCUT2D eigenvalue weighted by molar-refractivity contribution is -0.204. The molecule has 156 valence electrons. The van der Waals surface area contributed by atoms with Crippen LogP contribution in [0.4, 0.5) is 0 Å². The number of hydrogen-bond donors (Lipinski definition) is 0. The molecule has 2 aliphatic heterocycles. The molecule has 28 heavy (non-hydrogen) atoms. The SMILES string of the molecule is COCCOC1CN(C2CCN(Cc3cccc(C)c3)CC2)C12CCCCC2. The second-order valence-corrected chi connectivity index (χ2v) is 9.17. The lowest BCUT2D eigenvalue weighted by atomic mass is 9.69. The van der Waals surface area contributed by atoms with E-state index in [-0.39, 0.29) is 0 Å². The molecule has 4 nitrogen and oxygen atoms in total. The third-order valence-corrected chi connectivity index (χ3v) is 7.35. The Morgan fingerprint density at radius 1 is 1.07 bits per heavy atom. The van der Waals surface area contributed by atoms with Gasteiger partial charge >= 0.3 is 0 Å². The van der Waals surface area contributed by atoms with Crippen molar-refractivity contribution in [2.45, 2.75) is 76.1 Å². The van der Waals surface area contributed by atoms with Gasteiger partial charge in [0.15, 0.2) is 0 Å². The summed E-state index contributed by atoms with van der Waals surface area (Å²) in [6, 6.07) is 9.73. The zero-order valence-corrected chi connectivity index (χ0v) is 17.9. The van der Waals surface area contributed by atoms with E-state index in [1.807, 2.05) is 0 Å². The van der Waals surface area contributed by atoms with Crippen LogP contribution in [0.1, 0.15) is 56.1 Å². The van der Waals surface area contributed by atoms with E-state index >= 15 is 0 Å². The molecule has 1 aromatic carbocycles. The largest absolute Gasteiger partial charge is 0.382 e. The number of piperidine rings is 1. The molecular formula is C24H38N2O2. The molecule has 2 heterocycles. The maximum Gasteiger partial charge on any atom is 0.0886 e. The van der Waals surface area contributed by atoms with Crippen molar-refractivity contribution in [2.75, 3.05) is 40.0 Å². The van der Waals surface area contributed by atoms with Gasteiger partial charge in [-0.3, -0.25) is 9.80 Å². The summed E-state index contributed by atoms with van der Waals surface area (Å²) in [5.41, 5.74) is 3.15. The number of nitrogens with zero attached hydrogens (tertiary/aromatic N) is 2. The Balaban J connectivity index is 1.32. The molecule has 1 spiro atoms. The summed E-state index contributed by atoms with van der Waals surface area (Å²) in [5, 5.41) is 0. The molecule has 1 aromatic rings. The first kappa shape index (κ1) is 20.3. The Labute approximate surface area is 171 Å². The molecule has 0 aromatic heterocycles. The van der Waals surface area contributed by atoms with E-state index in [4.69, 9.17) is 9.47 Å². The van der Waals surface area contributed by atoms with Crippen molar-refractivity contribution in [2.24, 2.45) is 0 Å². The number of methoxy groups -OCH3 is 1. The minimum Gasteiger partial charge on any atom is -0.382 e. The van der Waals surface area contributed by atoms with E-state index in [1.165, 1.54) is 69.2 Å². The van der Waals surface area contributed by atoms with Crippen molar-refractivity contribution in [1.82, 2.24) is 9.80 Å². The predicted octanol–water partition coefficient (Wildman–Crippen LogP) is 4.01. The Hall–Kier alpha value is -0.940. The highest BCUT2D eigenvalue weighted by atomic mass is 16.5. The van der Waals surface area contributed by atoms with Crippen LogP contribution in [0.2, 0.25) is 0 Å². The fourth-order valence-electron chi connectivity index (χ4n) is 5.83. The zero-order valence-electron chi connectivity index (χ0n) is 17.9. The molecule has 3 aliphatic rings. The van der Waals surface area contributed by atoms with Gasteiger partial charge in [0, 0.05) is 31.8 Å². The van der Waals surface area contributed by atoms with Gasteiger partial charge in [-0.05, 0) is 51.3 Å². The van der Waals surface area contributed by atoms with Crippen molar-refractivity contribution in [3.8, 4) is 0 Å². The molecule has 3 fully saturated rings. The molecule has 2 saturated heterocycles. The van der Waals surface area contributed by atoms with Crippen LogP contribution in [0.25, 0.3) is 0 Å². The third kappa shape index (κ3) is 4.30. The summed E-state index contributed by atoms with van der Waals surface area (Å²) < 4.78 is 11.5. The summed E-state index contributed by atoms with van der Waals surface area (Å²) in [4.78, 5) is 5.50. The Kier molecular flexibility index (Phi) is 6.72. The summed E-state index contributed by atoms with van der Waals surface area (Å²) in [5.74, 6) is 0. The maximum atomic E-state index is 6.27. The third-order valence-electron chi connectivity index (χ3n) is 7.35. The van der Waals surface area contributed by atoms with Crippen molar-refractivity contribution in [1.29, 1.82) is 0 Å². The molecule has 4 heteroatoms. The van der Waals surface area contributed by atoms with Gasteiger partial charge in [0.05, 0.1) is 19.3 Å². The maximum absolute atomic E-state index is 6.27. The van der Waals surface area contributed by atoms with E-state index in [1.54, 1.807) is 7.11 Å². The van der Waals surface area contributed by atoms with Crippen molar-refractivity contribution in [3.63, 3.8) is 0 Å². The first-order chi connectivity index (χ1) is 13.7. The van der Waals surface area contributed by atoms with Gasteiger partial charge in [-0.2, -0.15) is 0 Å². The van der Waals surface area contributed by atoms with E-state index in [0.29, 0.717) is 18.2 Å². The Bertz CT molecular complexity index is 621. The molecular weight excluding hydrogens is 348 g/mol. The smallest absolute Gasteiger partial charge is 0.0886 e. The first-order valence-electron chi connectivity index (χ1n) is 11.4. The second kappa shape index (κ2) is 9.25. The number of benzene rings is 1. The lowest BCUT2D eigenvalue weighted by Crippen LogP contribution is -2.75. The summed E-state index contributed by atoms with van der Waals surface area (Å²) in [6.45, 7) is 8.32. The first-order valence-corrected chi connectivity index (χ1v) is 11.4. The summed E-state index contributed by atoms with van der Waals surface area (Å²) in [7, 11) is 1.76. The van der Waals surface area contributed by atoms with E-state index in [0.717, 1.165) is 25.7 Å². The number of likely N-dealkylation sites (tertiary alicyclic amines) is 2. The van der Waals surface area contributed by atoms with Crippen LogP contribution in [0.5, 0.6) is 0 Å². The highest BCUT2D eigenvalue weighted by Crippen LogP contribution is 2.47. The van der Waals surface area contributed by atoms with Crippen LogP contribution in [-0.2, 0) is 16.0 Å². The molecule has 0 radical (unpaired) electrons. The van der Waals surface area contributed by atoms with Crippen LogP contribution in [0.3, 0.4) is 0 Å². The van der Waals surface area contributed by atoms with Gasteiger partial charge in [-0.1, -0.05) is 49.1 Å². The highest BCUT2D eigenvalue weighted by molar-refractivity contribution is 5.22. The summed E-state index contributed by atoms with van der Waals surface area (Å²) >= 11 is 0. The van der Waals surface area contributed by atoms with Gasteiger partial charge in [-0.15, -0.1) is 0 Å².